The molecule has 0 fully saturated rings. The van der Waals surface area contributed by atoms with Gasteiger partial charge in [0.25, 0.3) is 5.56 Å². The number of ketones is 1. The van der Waals surface area contributed by atoms with Crippen molar-refractivity contribution >= 4 is 16.8 Å². The molecule has 0 amide bonds. The lowest BCUT2D eigenvalue weighted by Gasteiger charge is -2.20. The molecule has 0 spiro atoms. The van der Waals surface area contributed by atoms with Crippen LogP contribution in [-0.2, 0) is 7.05 Å². The lowest BCUT2D eigenvalue weighted by atomic mass is 9.84. The highest BCUT2D eigenvalue weighted by Gasteiger charge is 2.26. The molecule has 0 N–H and O–H groups in total. The first-order chi connectivity index (χ1) is 12.5. The zero-order valence-corrected chi connectivity index (χ0v) is 15.8. The summed E-state index contributed by atoms with van der Waals surface area (Å²) in [5.41, 5.74) is 3.98. The summed E-state index contributed by atoms with van der Waals surface area (Å²) in [6, 6.07) is 7.43. The number of hydrogen-bond acceptors (Lipinski definition) is 3. The molecule has 3 rings (SSSR count). The van der Waals surface area contributed by atoms with Crippen LogP contribution in [-0.4, -0.2) is 15.3 Å². The van der Waals surface area contributed by atoms with E-state index >= 15 is 0 Å². The van der Waals surface area contributed by atoms with Gasteiger partial charge in [-0.2, -0.15) is 0 Å². The number of nitrogens with zero attached hydrogens (tertiary/aromatic N) is 2. The van der Waals surface area contributed by atoms with Crippen LogP contribution in [0.3, 0.4) is 0 Å². The Balaban J connectivity index is 1.78. The number of fused-ring (bicyclic) bond motifs is 1. The van der Waals surface area contributed by atoms with Crippen LogP contribution in [0.1, 0.15) is 56.4 Å². The van der Waals surface area contributed by atoms with Crippen molar-refractivity contribution in [1.29, 1.82) is 0 Å². The third kappa shape index (κ3) is 3.85. The minimum Gasteiger partial charge on any atom is -0.308 e. The molecule has 2 aromatic rings. The molecule has 0 radical (unpaired) electrons. The standard InChI is InChI=1S/C22H26N2O2/c1-15(2)7-6-8-16-11-13-17(14-12-16)21(25)20-22(26)24(3)19-10-5-4-9-18(19)23-20/h4-5,7,9-11,17H,6,8,12-14H2,1-3H3. The first-order valence-electron chi connectivity index (χ1n) is 9.28. The van der Waals surface area contributed by atoms with E-state index in [0.29, 0.717) is 11.9 Å². The van der Waals surface area contributed by atoms with Crippen LogP contribution in [0.2, 0.25) is 0 Å². The summed E-state index contributed by atoms with van der Waals surface area (Å²) in [4.78, 5) is 29.9. The lowest BCUT2D eigenvalue weighted by Crippen LogP contribution is -2.30. The molecule has 26 heavy (non-hydrogen) atoms. The van der Waals surface area contributed by atoms with Crippen molar-refractivity contribution in [3.63, 3.8) is 0 Å². The Kier molecular flexibility index (Phi) is 5.50. The first kappa shape index (κ1) is 18.3. The van der Waals surface area contributed by atoms with Crippen LogP contribution in [0.4, 0.5) is 0 Å². The number of carbonyl (C=O) groups excluding carboxylic acids is 1. The third-order valence-corrected chi connectivity index (χ3v) is 5.11. The number of aromatic nitrogens is 2. The van der Waals surface area contributed by atoms with Gasteiger partial charge in [0.05, 0.1) is 11.0 Å². The Labute approximate surface area is 154 Å². The summed E-state index contributed by atoms with van der Waals surface area (Å²) in [5, 5.41) is 0. The van der Waals surface area contributed by atoms with E-state index in [0.717, 1.165) is 31.2 Å². The van der Waals surface area contributed by atoms with Gasteiger partial charge in [0.1, 0.15) is 0 Å². The summed E-state index contributed by atoms with van der Waals surface area (Å²) in [6.45, 7) is 4.22. The van der Waals surface area contributed by atoms with E-state index in [1.165, 1.54) is 15.7 Å². The highest BCUT2D eigenvalue weighted by Crippen LogP contribution is 2.28. The zero-order valence-electron chi connectivity index (χ0n) is 15.8. The van der Waals surface area contributed by atoms with E-state index < -0.39 is 0 Å². The fourth-order valence-corrected chi connectivity index (χ4v) is 3.53. The maximum Gasteiger partial charge on any atom is 0.280 e. The molecule has 0 saturated carbocycles. The summed E-state index contributed by atoms with van der Waals surface area (Å²) < 4.78 is 1.53. The van der Waals surface area contributed by atoms with Crippen molar-refractivity contribution < 1.29 is 4.79 Å². The number of allylic oxidation sites excluding steroid dienone is 4. The topological polar surface area (TPSA) is 52.0 Å². The molecule has 1 atom stereocenters. The number of rotatable bonds is 5. The molecular formula is C22H26N2O2. The predicted octanol–water partition coefficient (Wildman–Crippen LogP) is 4.59. The molecule has 1 aromatic carbocycles. The fourth-order valence-electron chi connectivity index (χ4n) is 3.53. The van der Waals surface area contributed by atoms with Gasteiger partial charge in [-0.3, -0.25) is 9.59 Å². The molecule has 136 valence electrons. The second-order valence-electron chi connectivity index (χ2n) is 7.33. The molecule has 4 nitrogen and oxygen atoms in total. The Bertz CT molecular complexity index is 946. The molecule has 1 unspecified atom stereocenters. The second kappa shape index (κ2) is 7.81. The number of benzene rings is 1. The SMILES string of the molecule is CC(C)=CCCC1=CCC(C(=O)c2nc3ccccc3n(C)c2=O)CC1. The average molecular weight is 350 g/mol. The van der Waals surface area contributed by atoms with Gasteiger partial charge in [-0.25, -0.2) is 4.98 Å². The smallest absolute Gasteiger partial charge is 0.280 e. The van der Waals surface area contributed by atoms with E-state index in [4.69, 9.17) is 0 Å². The minimum absolute atomic E-state index is 0.0811. The number of para-hydroxylation sites is 2. The molecule has 1 aliphatic carbocycles. The quantitative estimate of drug-likeness (QED) is 0.585. The van der Waals surface area contributed by atoms with Crippen molar-refractivity contribution in [2.75, 3.05) is 0 Å². The Morgan fingerprint density at radius 3 is 2.77 bits per heavy atom. The van der Waals surface area contributed by atoms with Crippen molar-refractivity contribution in [3.05, 3.63) is 63.6 Å². The van der Waals surface area contributed by atoms with Crippen LogP contribution in [0.5, 0.6) is 0 Å². The molecule has 0 aliphatic heterocycles. The van der Waals surface area contributed by atoms with Gasteiger partial charge in [0, 0.05) is 13.0 Å². The van der Waals surface area contributed by atoms with Crippen LogP contribution in [0.15, 0.2) is 52.4 Å². The van der Waals surface area contributed by atoms with Crippen molar-refractivity contribution in [2.24, 2.45) is 13.0 Å². The number of hydrogen-bond donors (Lipinski definition) is 0. The maximum atomic E-state index is 12.9. The van der Waals surface area contributed by atoms with Gasteiger partial charge in [-0.15, -0.1) is 0 Å². The number of Topliss-reactive ketones (excluding diaryl/α,β-unsaturated/α-hetero) is 1. The largest absolute Gasteiger partial charge is 0.308 e. The van der Waals surface area contributed by atoms with Crippen LogP contribution >= 0.6 is 0 Å². The Hall–Kier alpha value is -2.49. The minimum atomic E-state index is -0.299. The normalized spacial score (nSPS) is 17.0. The molecule has 1 aromatic heterocycles. The average Bonchev–Trinajstić information content (AvgIpc) is 2.64. The van der Waals surface area contributed by atoms with E-state index in [2.05, 4.69) is 31.0 Å². The van der Waals surface area contributed by atoms with Gasteiger partial charge in [0.15, 0.2) is 11.5 Å². The van der Waals surface area contributed by atoms with Crippen molar-refractivity contribution in [3.8, 4) is 0 Å². The highest BCUT2D eigenvalue weighted by molar-refractivity contribution is 5.97. The molecule has 4 heteroatoms. The number of aryl methyl sites for hydroxylation is 1. The van der Waals surface area contributed by atoms with Crippen LogP contribution in [0, 0.1) is 5.92 Å². The van der Waals surface area contributed by atoms with E-state index in [-0.39, 0.29) is 23.0 Å². The van der Waals surface area contributed by atoms with E-state index in [1.54, 1.807) is 7.05 Å². The van der Waals surface area contributed by atoms with Crippen LogP contribution in [0.25, 0.3) is 11.0 Å². The molecule has 1 heterocycles. The monoisotopic (exact) mass is 350 g/mol. The van der Waals surface area contributed by atoms with E-state index in [1.807, 2.05) is 24.3 Å². The second-order valence-corrected chi connectivity index (χ2v) is 7.33. The maximum absolute atomic E-state index is 12.9. The first-order valence-corrected chi connectivity index (χ1v) is 9.28. The van der Waals surface area contributed by atoms with Gasteiger partial charge >= 0.3 is 0 Å². The predicted molar refractivity (Wildman–Crippen MR) is 105 cm³/mol. The summed E-state index contributed by atoms with van der Waals surface area (Å²) >= 11 is 0. The van der Waals surface area contributed by atoms with Gasteiger partial charge in [-0.05, 0) is 58.1 Å². The molecule has 0 bridgehead atoms. The van der Waals surface area contributed by atoms with Crippen molar-refractivity contribution in [2.45, 2.75) is 46.0 Å². The Morgan fingerprint density at radius 1 is 1.31 bits per heavy atom. The summed E-state index contributed by atoms with van der Waals surface area (Å²) in [7, 11) is 1.70. The third-order valence-electron chi connectivity index (χ3n) is 5.11. The lowest BCUT2D eigenvalue weighted by molar-refractivity contribution is 0.0904. The van der Waals surface area contributed by atoms with Crippen LogP contribution < -0.4 is 5.56 Å². The zero-order chi connectivity index (χ0) is 18.7. The van der Waals surface area contributed by atoms with Gasteiger partial charge in [0.2, 0.25) is 0 Å². The fraction of sp³-hybridized carbons (Fsp3) is 0.409. The molecular weight excluding hydrogens is 324 g/mol. The highest BCUT2D eigenvalue weighted by atomic mass is 16.1. The summed E-state index contributed by atoms with van der Waals surface area (Å²) in [5.74, 6) is -0.250. The van der Waals surface area contributed by atoms with Gasteiger partial charge in [-0.1, -0.05) is 35.4 Å². The summed E-state index contributed by atoms with van der Waals surface area (Å²) in [6.07, 6.45) is 9.00. The molecule has 0 saturated heterocycles. The van der Waals surface area contributed by atoms with Gasteiger partial charge < -0.3 is 4.57 Å². The van der Waals surface area contributed by atoms with E-state index in [9.17, 15) is 9.59 Å². The number of carbonyl (C=O) groups is 1. The Morgan fingerprint density at radius 2 is 2.08 bits per heavy atom. The van der Waals surface area contributed by atoms with Crippen molar-refractivity contribution in [1.82, 2.24) is 9.55 Å². The molecule has 1 aliphatic rings.